The first kappa shape index (κ1) is 9.00. The number of carbonyl (C=O) groups excluding carboxylic acids is 1. The minimum atomic E-state index is -0.230. The second-order valence-corrected chi connectivity index (χ2v) is 4.60. The van der Waals surface area contributed by atoms with Gasteiger partial charge in [-0.25, -0.2) is 0 Å². The largest absolute Gasteiger partial charge is 0.469 e. The number of carbonyl (C=O) groups is 1. The Kier molecular flexibility index (Phi) is 2.06. The number of hydrogen-bond acceptors (Lipinski definition) is 3. The molecule has 3 nitrogen and oxygen atoms in total. The third-order valence-corrected chi connectivity index (χ3v) is 3.41. The Hall–Kier alpha value is -0.570. The summed E-state index contributed by atoms with van der Waals surface area (Å²) in [6.07, 6.45) is 4.32. The van der Waals surface area contributed by atoms with E-state index in [4.69, 9.17) is 4.74 Å². The first-order valence-corrected chi connectivity index (χ1v) is 4.98. The summed E-state index contributed by atoms with van der Waals surface area (Å²) in [5, 5.41) is 3.52. The molecule has 0 amide bonds. The second-order valence-electron chi connectivity index (χ2n) is 4.60. The monoisotopic (exact) mass is 183 g/mol. The third kappa shape index (κ3) is 1.46. The predicted molar refractivity (Wildman–Crippen MR) is 49.3 cm³/mol. The number of nitrogens with one attached hydrogen (secondary N) is 1. The van der Waals surface area contributed by atoms with Crippen molar-refractivity contribution >= 4 is 5.97 Å². The molecule has 2 aliphatic rings. The summed E-state index contributed by atoms with van der Waals surface area (Å²) in [4.78, 5) is 11.6. The maximum atomic E-state index is 11.6. The van der Waals surface area contributed by atoms with E-state index in [1.807, 2.05) is 6.92 Å². The van der Waals surface area contributed by atoms with Crippen LogP contribution in [-0.2, 0) is 9.53 Å². The first-order valence-electron chi connectivity index (χ1n) is 4.98. The van der Waals surface area contributed by atoms with Crippen LogP contribution in [0.2, 0.25) is 0 Å². The lowest BCUT2D eigenvalue weighted by Gasteiger charge is -2.35. The van der Waals surface area contributed by atoms with Crippen molar-refractivity contribution in [1.82, 2.24) is 5.32 Å². The van der Waals surface area contributed by atoms with E-state index in [2.05, 4.69) is 5.32 Å². The molecule has 2 bridgehead atoms. The Bertz CT molecular complexity index is 215. The van der Waals surface area contributed by atoms with Crippen LogP contribution in [0.25, 0.3) is 0 Å². The minimum Gasteiger partial charge on any atom is -0.469 e. The van der Waals surface area contributed by atoms with Gasteiger partial charge in [0, 0.05) is 12.1 Å². The fourth-order valence-electron chi connectivity index (χ4n) is 2.81. The lowest BCUT2D eigenvalue weighted by Crippen LogP contribution is -2.47. The molecule has 74 valence electrons. The lowest BCUT2D eigenvalue weighted by molar-refractivity contribution is -0.154. The molecule has 2 atom stereocenters. The third-order valence-electron chi connectivity index (χ3n) is 3.41. The zero-order valence-corrected chi connectivity index (χ0v) is 8.30. The molecule has 2 saturated heterocycles. The van der Waals surface area contributed by atoms with Gasteiger partial charge in [0.1, 0.15) is 0 Å². The zero-order chi connectivity index (χ0) is 9.47. The molecule has 0 spiro atoms. The molecule has 0 aliphatic carbocycles. The van der Waals surface area contributed by atoms with Gasteiger partial charge in [-0.05, 0) is 32.6 Å². The van der Waals surface area contributed by atoms with Gasteiger partial charge in [0.15, 0.2) is 0 Å². The highest BCUT2D eigenvalue weighted by molar-refractivity contribution is 5.76. The highest BCUT2D eigenvalue weighted by Crippen LogP contribution is 2.40. The van der Waals surface area contributed by atoms with Crippen LogP contribution < -0.4 is 5.32 Å². The molecule has 2 unspecified atom stereocenters. The standard InChI is InChI=1S/C10H17NO2/c1-10(9(12)13-2)5-7-3-4-8(6-10)11-7/h7-8,11H,3-6H2,1-2H3. The maximum absolute atomic E-state index is 11.6. The Morgan fingerprint density at radius 3 is 2.38 bits per heavy atom. The molecule has 2 fully saturated rings. The lowest BCUT2D eigenvalue weighted by atomic mass is 9.77. The summed E-state index contributed by atoms with van der Waals surface area (Å²) < 4.78 is 4.85. The van der Waals surface area contributed by atoms with E-state index in [-0.39, 0.29) is 11.4 Å². The van der Waals surface area contributed by atoms with E-state index >= 15 is 0 Å². The highest BCUT2D eigenvalue weighted by Gasteiger charge is 2.45. The van der Waals surface area contributed by atoms with Gasteiger partial charge < -0.3 is 10.1 Å². The fourth-order valence-corrected chi connectivity index (χ4v) is 2.81. The van der Waals surface area contributed by atoms with E-state index in [0.29, 0.717) is 12.1 Å². The summed E-state index contributed by atoms with van der Waals surface area (Å²) in [5.74, 6) is -0.0362. The van der Waals surface area contributed by atoms with Crippen molar-refractivity contribution in [2.24, 2.45) is 5.41 Å². The maximum Gasteiger partial charge on any atom is 0.311 e. The topological polar surface area (TPSA) is 38.3 Å². The Balaban J connectivity index is 2.12. The molecule has 0 aromatic heterocycles. The zero-order valence-electron chi connectivity index (χ0n) is 8.30. The smallest absolute Gasteiger partial charge is 0.311 e. The molecule has 0 aromatic carbocycles. The number of hydrogen-bond donors (Lipinski definition) is 1. The van der Waals surface area contributed by atoms with Crippen molar-refractivity contribution in [1.29, 1.82) is 0 Å². The van der Waals surface area contributed by atoms with Crippen LogP contribution in [0, 0.1) is 5.41 Å². The second kappa shape index (κ2) is 2.98. The molecule has 13 heavy (non-hydrogen) atoms. The van der Waals surface area contributed by atoms with Crippen molar-refractivity contribution in [3.05, 3.63) is 0 Å². The quantitative estimate of drug-likeness (QED) is 0.618. The van der Waals surface area contributed by atoms with Crippen molar-refractivity contribution in [2.45, 2.75) is 44.7 Å². The van der Waals surface area contributed by atoms with Gasteiger partial charge >= 0.3 is 5.97 Å². The van der Waals surface area contributed by atoms with Gasteiger partial charge in [0.2, 0.25) is 0 Å². The van der Waals surface area contributed by atoms with Gasteiger partial charge in [-0.2, -0.15) is 0 Å². The van der Waals surface area contributed by atoms with Gasteiger partial charge in [-0.1, -0.05) is 0 Å². The van der Waals surface area contributed by atoms with Crippen LogP contribution in [0.15, 0.2) is 0 Å². The van der Waals surface area contributed by atoms with Gasteiger partial charge in [-0.3, -0.25) is 4.79 Å². The SMILES string of the molecule is COC(=O)C1(C)CC2CCC(C1)N2. The van der Waals surface area contributed by atoms with Crippen LogP contribution in [-0.4, -0.2) is 25.2 Å². The van der Waals surface area contributed by atoms with Crippen molar-refractivity contribution < 1.29 is 9.53 Å². The number of fused-ring (bicyclic) bond motifs is 2. The van der Waals surface area contributed by atoms with E-state index < -0.39 is 0 Å². The first-order chi connectivity index (χ1) is 6.14. The van der Waals surface area contributed by atoms with Crippen LogP contribution >= 0.6 is 0 Å². The Morgan fingerprint density at radius 1 is 1.38 bits per heavy atom. The summed E-state index contributed by atoms with van der Waals surface area (Å²) in [6.45, 7) is 2.03. The molecule has 0 saturated carbocycles. The molecule has 0 radical (unpaired) electrons. The number of piperidine rings is 1. The number of ether oxygens (including phenoxy) is 1. The summed E-state index contributed by atoms with van der Waals surface area (Å²) in [5.41, 5.74) is -0.230. The molecular weight excluding hydrogens is 166 g/mol. The van der Waals surface area contributed by atoms with E-state index in [1.165, 1.54) is 20.0 Å². The summed E-state index contributed by atoms with van der Waals surface area (Å²) >= 11 is 0. The number of methoxy groups -OCH3 is 1. The van der Waals surface area contributed by atoms with E-state index in [9.17, 15) is 4.79 Å². The number of esters is 1. The molecule has 2 aliphatic heterocycles. The minimum absolute atomic E-state index is 0.0362. The predicted octanol–water partition coefficient (Wildman–Crippen LogP) is 1.08. The van der Waals surface area contributed by atoms with Crippen LogP contribution in [0.5, 0.6) is 0 Å². The molecular formula is C10H17NO2. The van der Waals surface area contributed by atoms with Gasteiger partial charge in [-0.15, -0.1) is 0 Å². The van der Waals surface area contributed by atoms with Crippen molar-refractivity contribution in [2.75, 3.05) is 7.11 Å². The van der Waals surface area contributed by atoms with E-state index in [1.54, 1.807) is 0 Å². The van der Waals surface area contributed by atoms with Crippen LogP contribution in [0.4, 0.5) is 0 Å². The molecule has 1 N–H and O–H groups in total. The van der Waals surface area contributed by atoms with Gasteiger partial charge in [0.25, 0.3) is 0 Å². The molecule has 3 heteroatoms. The molecule has 0 aromatic rings. The average Bonchev–Trinajstić information content (AvgIpc) is 2.44. The average molecular weight is 183 g/mol. The van der Waals surface area contributed by atoms with Crippen molar-refractivity contribution in [3.8, 4) is 0 Å². The Morgan fingerprint density at radius 2 is 1.92 bits per heavy atom. The highest BCUT2D eigenvalue weighted by atomic mass is 16.5. The molecule has 2 rings (SSSR count). The van der Waals surface area contributed by atoms with E-state index in [0.717, 1.165) is 12.8 Å². The normalized spacial score (nSPS) is 43.2. The van der Waals surface area contributed by atoms with Crippen molar-refractivity contribution in [3.63, 3.8) is 0 Å². The fraction of sp³-hybridized carbons (Fsp3) is 0.900. The summed E-state index contributed by atoms with van der Waals surface area (Å²) in [7, 11) is 1.48. The molecule has 2 heterocycles. The summed E-state index contributed by atoms with van der Waals surface area (Å²) in [6, 6.07) is 1.09. The number of rotatable bonds is 1. The van der Waals surface area contributed by atoms with Gasteiger partial charge in [0.05, 0.1) is 12.5 Å². The Labute approximate surface area is 78.8 Å². The van der Waals surface area contributed by atoms with Crippen LogP contribution in [0.3, 0.4) is 0 Å². The van der Waals surface area contributed by atoms with Crippen LogP contribution in [0.1, 0.15) is 32.6 Å².